The van der Waals surface area contributed by atoms with Crippen molar-refractivity contribution in [3.8, 4) is 39.4 Å². The zero-order valence-electron chi connectivity index (χ0n) is 39.0. The summed E-state index contributed by atoms with van der Waals surface area (Å²) in [6, 6.07) is 31.9. The van der Waals surface area contributed by atoms with Crippen molar-refractivity contribution in [3.05, 3.63) is 131 Å². The average molecular weight is 939 g/mol. The number of hydrogen-bond donors (Lipinski definition) is 0. The number of rotatable bonds is 7. The molecule has 6 heteroatoms. The van der Waals surface area contributed by atoms with Crippen LogP contribution < -0.4 is 9.92 Å². The molecule has 56 heavy (non-hydrogen) atoms. The Balaban J connectivity index is 0.000000192. The third kappa shape index (κ3) is 8.21. The summed E-state index contributed by atoms with van der Waals surface area (Å²) < 4.78 is 63.2. The van der Waals surface area contributed by atoms with Gasteiger partial charge in [-0.2, -0.15) is 0 Å². The second-order valence-corrected chi connectivity index (χ2v) is 20.8. The molecule has 3 aromatic heterocycles. The molecule has 0 fully saturated rings. The number of ether oxygens (including phenoxy) is 1. The Morgan fingerprint density at radius 3 is 2.50 bits per heavy atom. The maximum Gasteiger partial charge on any atom is 0.126 e. The molecule has 0 bridgehead atoms. The number of methoxy groups -OCH3 is 1. The molecule has 0 N–H and O–H groups in total. The number of furan rings is 1. The summed E-state index contributed by atoms with van der Waals surface area (Å²) in [5.74, 6) is 0.703. The van der Waals surface area contributed by atoms with E-state index in [9.17, 15) is 0 Å². The van der Waals surface area contributed by atoms with Crippen molar-refractivity contribution < 1.29 is 37.5 Å². The van der Waals surface area contributed by atoms with Gasteiger partial charge >= 0.3 is 0 Å². The molecule has 2 aliphatic carbocycles. The molecule has 3 heterocycles. The van der Waals surface area contributed by atoms with Gasteiger partial charge in [-0.15, -0.1) is 58.7 Å². The van der Waals surface area contributed by atoms with Crippen molar-refractivity contribution in [1.29, 1.82) is 0 Å². The number of hydrogen-bond acceptors (Lipinski definition) is 4. The number of aryl methyl sites for hydroxylation is 2. The van der Waals surface area contributed by atoms with Crippen LogP contribution in [-0.4, -0.2) is 25.2 Å². The molecule has 0 atom stereocenters. The third-order valence-electron chi connectivity index (χ3n) is 10.5. The van der Waals surface area contributed by atoms with Gasteiger partial charge in [0.05, 0.1) is 20.8 Å². The Kier molecular flexibility index (Phi) is 9.94. The molecule has 4 nitrogen and oxygen atoms in total. The van der Waals surface area contributed by atoms with Crippen molar-refractivity contribution in [1.82, 2.24) is 9.97 Å². The molecule has 0 saturated heterocycles. The summed E-state index contributed by atoms with van der Waals surface area (Å²) in [6.45, 7) is 10.7. The molecule has 0 aliphatic heterocycles. The summed E-state index contributed by atoms with van der Waals surface area (Å²) >= 11 is 0. The van der Waals surface area contributed by atoms with Crippen molar-refractivity contribution in [2.75, 3.05) is 7.11 Å². The number of fused-ring (bicyclic) bond motifs is 5. The van der Waals surface area contributed by atoms with Gasteiger partial charge in [0.1, 0.15) is 11.3 Å². The smallest absolute Gasteiger partial charge is 0.126 e. The zero-order valence-corrected chi connectivity index (χ0v) is 36.4. The van der Waals surface area contributed by atoms with Crippen LogP contribution >= 0.6 is 0 Å². The van der Waals surface area contributed by atoms with Crippen molar-refractivity contribution in [2.45, 2.75) is 91.1 Å². The zero-order chi connectivity index (χ0) is 43.5. The summed E-state index contributed by atoms with van der Waals surface area (Å²) in [5.41, 5.74) is 10.6. The first kappa shape index (κ1) is 32.7. The van der Waals surface area contributed by atoms with Gasteiger partial charge in [-0.1, -0.05) is 111 Å². The monoisotopic (exact) mass is 939 g/mol. The van der Waals surface area contributed by atoms with Crippen LogP contribution in [0.5, 0.6) is 5.75 Å². The Bertz CT molecular complexity index is 2780. The minimum absolute atomic E-state index is 0. The van der Waals surface area contributed by atoms with Gasteiger partial charge in [0.2, 0.25) is 0 Å². The van der Waals surface area contributed by atoms with Gasteiger partial charge in [0, 0.05) is 51.7 Å². The molecule has 0 saturated carbocycles. The van der Waals surface area contributed by atoms with E-state index in [0.717, 1.165) is 68.1 Å². The SMILES string of the molecule is [2H]C([2H])(c1cc(-c2[c-]ccc3c2CCCC3)ncc1[Si](C)(C)C)C(C)C.[2H]C1([2H])CCC([2H])([2H])c2c1ccnc2-c1[c-]cc2oc3cc(-c4ccccc4OC)ccc3c2c1.[Ir]. The number of nitrogens with zero attached hydrogens (tertiary/aromatic N) is 2. The van der Waals surface area contributed by atoms with Gasteiger partial charge in [-0.05, 0) is 84.6 Å². The molecule has 4 aromatic carbocycles. The Hall–Kier alpha value is -4.35. The molecule has 1 radical (unpaired) electrons. The quantitative estimate of drug-likeness (QED) is 0.118. The minimum Gasteiger partial charge on any atom is -0.500 e. The van der Waals surface area contributed by atoms with Crippen molar-refractivity contribution in [3.63, 3.8) is 0 Å². The first-order valence-electron chi connectivity index (χ1n) is 22.5. The van der Waals surface area contributed by atoms with Gasteiger partial charge < -0.3 is 19.1 Å². The van der Waals surface area contributed by atoms with Gasteiger partial charge in [-0.25, -0.2) is 0 Å². The van der Waals surface area contributed by atoms with E-state index < -0.39 is 27.2 Å². The Labute approximate surface area is 355 Å². The van der Waals surface area contributed by atoms with Crippen LogP contribution in [0.2, 0.25) is 19.6 Å². The maximum atomic E-state index is 8.74. The molecule has 2 aliphatic rings. The molecular weight excluding hydrogens is 881 g/mol. The second-order valence-electron chi connectivity index (χ2n) is 15.8. The fourth-order valence-corrected chi connectivity index (χ4v) is 9.25. The minimum atomic E-state index is -1.70. The van der Waals surface area contributed by atoms with Crippen LogP contribution in [-0.2, 0) is 52.1 Å². The number of pyridine rings is 2. The summed E-state index contributed by atoms with van der Waals surface area (Å²) in [7, 11) is -0.0457. The Morgan fingerprint density at radius 2 is 1.68 bits per heavy atom. The van der Waals surface area contributed by atoms with E-state index in [1.165, 1.54) is 24.0 Å². The molecule has 0 spiro atoms. The van der Waals surface area contributed by atoms with E-state index in [-0.39, 0.29) is 38.9 Å². The molecule has 0 amide bonds. The third-order valence-corrected chi connectivity index (χ3v) is 12.5. The topological polar surface area (TPSA) is 48.2 Å². The van der Waals surface area contributed by atoms with Crippen LogP contribution in [0.25, 0.3) is 55.6 Å². The first-order valence-corrected chi connectivity index (χ1v) is 23.0. The van der Waals surface area contributed by atoms with E-state index in [1.54, 1.807) is 25.4 Å². The van der Waals surface area contributed by atoms with Gasteiger partial charge in [0.25, 0.3) is 0 Å². The van der Waals surface area contributed by atoms with E-state index in [4.69, 9.17) is 22.4 Å². The van der Waals surface area contributed by atoms with Crippen LogP contribution in [0.3, 0.4) is 0 Å². The van der Waals surface area contributed by atoms with Crippen LogP contribution in [0.4, 0.5) is 0 Å². The molecule has 9 rings (SSSR count). The maximum absolute atomic E-state index is 8.74. The van der Waals surface area contributed by atoms with Gasteiger partial charge in [-0.3, -0.25) is 0 Å². The number of benzene rings is 4. The molecule has 289 valence electrons. The number of para-hydroxylation sites is 1. The van der Waals surface area contributed by atoms with Crippen molar-refractivity contribution in [2.24, 2.45) is 5.92 Å². The molecule has 0 unspecified atom stereocenters. The van der Waals surface area contributed by atoms with E-state index in [1.807, 2.05) is 80.7 Å². The average Bonchev–Trinajstić information content (AvgIpc) is 3.62. The van der Waals surface area contributed by atoms with Gasteiger partial charge in [0.15, 0.2) is 0 Å². The molecule has 7 aromatic rings. The van der Waals surface area contributed by atoms with Crippen LogP contribution in [0.1, 0.15) is 75.6 Å². The second kappa shape index (κ2) is 17.0. The largest absolute Gasteiger partial charge is 0.500 e. The Morgan fingerprint density at radius 1 is 0.857 bits per heavy atom. The van der Waals surface area contributed by atoms with Crippen molar-refractivity contribution >= 4 is 35.2 Å². The standard InChI is InChI=1S/C28H22NO2.C22H30NSi.Ir/c1-30-25-9-5-4-7-21(25)19-10-12-23-24-16-20(11-13-26(24)31-27(23)17-19)28-22-8-3-2-6-18(22)14-15-29-28;1-16(2)13-18-14-21(23-15-22(18)24(3,4)5)20-12-8-10-17-9-6-7-11-19(17)20;/h4-5,7,9-10,12-17H,2-3,6,8H2,1H3;8,10,14-16H,6-7,9,11,13H2,1-5H3;/q2*-1;/i6D2,8D2;13D2;. The molecular formula is C50H52IrN2O2Si-2. The predicted molar refractivity (Wildman–Crippen MR) is 231 cm³/mol. The van der Waals surface area contributed by atoms with Crippen LogP contribution in [0, 0.1) is 18.1 Å². The predicted octanol–water partition coefficient (Wildman–Crippen LogP) is 12.2. The van der Waals surface area contributed by atoms with E-state index in [2.05, 4.69) is 42.8 Å². The van der Waals surface area contributed by atoms with E-state index in [0.29, 0.717) is 28.0 Å². The summed E-state index contributed by atoms with van der Waals surface area (Å²) in [4.78, 5) is 9.28. The number of aromatic nitrogens is 2. The summed E-state index contributed by atoms with van der Waals surface area (Å²) in [5, 5.41) is 2.93. The summed E-state index contributed by atoms with van der Waals surface area (Å²) in [6.07, 6.45) is 3.79. The van der Waals surface area contributed by atoms with Crippen LogP contribution in [0.15, 0.2) is 95.7 Å². The first-order chi connectivity index (χ1) is 28.9. The fourth-order valence-electron chi connectivity index (χ4n) is 7.84. The fraction of sp³-hybridized carbons (Fsp3) is 0.320. The normalized spacial score (nSPS) is 17.4. The van der Waals surface area contributed by atoms with E-state index >= 15 is 0 Å².